The molecule has 10 nitrogen and oxygen atoms in total. The van der Waals surface area contributed by atoms with Gasteiger partial charge in [0.2, 0.25) is 11.8 Å². The highest BCUT2D eigenvalue weighted by molar-refractivity contribution is 6.01. The lowest BCUT2D eigenvalue weighted by Gasteiger charge is -2.25. The summed E-state index contributed by atoms with van der Waals surface area (Å²) >= 11 is 0. The predicted molar refractivity (Wildman–Crippen MR) is 141 cm³/mol. The molecule has 2 saturated heterocycles. The van der Waals surface area contributed by atoms with Crippen LogP contribution in [0.2, 0.25) is 0 Å². The molecular weight excluding hydrogens is 490 g/mol. The third-order valence-electron chi connectivity index (χ3n) is 6.81. The van der Waals surface area contributed by atoms with Gasteiger partial charge in [0, 0.05) is 20.3 Å². The molecular formula is C28H41N3O7. The van der Waals surface area contributed by atoms with Crippen LogP contribution in [-0.4, -0.2) is 86.1 Å². The topological polar surface area (TPSA) is 127 Å². The van der Waals surface area contributed by atoms with Crippen LogP contribution in [0.5, 0.6) is 5.75 Å². The standard InChI is InChI=1S/C28H41N3O7/c1-19(2)16-21(25(33)28(3)18-38-28)30-24(32)17-29-26(34)22-11-9-13-31(22)27(35)20-10-5-6-12-23(20)37-15-8-7-14-36-4/h5-6,10,12,19,21-22H,7-9,11,13-18H2,1-4H3,(H,29,34)(H,30,32). The van der Waals surface area contributed by atoms with E-state index in [2.05, 4.69) is 10.6 Å². The predicted octanol–water partition coefficient (Wildman–Crippen LogP) is 2.10. The minimum Gasteiger partial charge on any atom is -0.493 e. The summed E-state index contributed by atoms with van der Waals surface area (Å²) in [6, 6.07) is 5.66. The smallest absolute Gasteiger partial charge is 0.258 e. The highest BCUT2D eigenvalue weighted by Crippen LogP contribution is 2.30. The number of nitrogens with zero attached hydrogens (tertiary/aromatic N) is 1. The van der Waals surface area contributed by atoms with E-state index in [0.29, 0.717) is 56.9 Å². The van der Waals surface area contributed by atoms with Gasteiger partial charge in [-0.3, -0.25) is 19.2 Å². The Balaban J connectivity index is 1.56. The molecule has 38 heavy (non-hydrogen) atoms. The Labute approximate surface area is 224 Å². The normalized spacial score (nSPS) is 21.2. The molecule has 1 aromatic rings. The summed E-state index contributed by atoms with van der Waals surface area (Å²) in [5.74, 6) is -0.609. The molecule has 0 spiro atoms. The Hall–Kier alpha value is -2.98. The van der Waals surface area contributed by atoms with E-state index in [9.17, 15) is 19.2 Å². The number of carbonyl (C=O) groups excluding carboxylic acids is 4. The molecule has 0 aromatic heterocycles. The van der Waals surface area contributed by atoms with Gasteiger partial charge in [0.05, 0.1) is 31.4 Å². The van der Waals surface area contributed by atoms with Crippen molar-refractivity contribution in [3.8, 4) is 5.75 Å². The van der Waals surface area contributed by atoms with Crippen LogP contribution in [0, 0.1) is 5.92 Å². The van der Waals surface area contributed by atoms with Crippen LogP contribution in [0.25, 0.3) is 0 Å². The largest absolute Gasteiger partial charge is 0.493 e. The summed E-state index contributed by atoms with van der Waals surface area (Å²) in [7, 11) is 1.65. The van der Waals surface area contributed by atoms with Gasteiger partial charge < -0.3 is 29.7 Å². The summed E-state index contributed by atoms with van der Waals surface area (Å²) in [5, 5.41) is 5.40. The van der Waals surface area contributed by atoms with Crippen molar-refractivity contribution >= 4 is 23.5 Å². The SMILES string of the molecule is COCCCCOc1ccccc1C(=O)N1CCCC1C(=O)NCC(=O)NC(CC(C)C)C(=O)C1(C)CO1. The number of carbonyl (C=O) groups is 4. The number of ketones is 1. The zero-order valence-corrected chi connectivity index (χ0v) is 22.9. The van der Waals surface area contributed by atoms with Crippen molar-refractivity contribution in [3.63, 3.8) is 0 Å². The highest BCUT2D eigenvalue weighted by atomic mass is 16.6. The summed E-state index contributed by atoms with van der Waals surface area (Å²) in [6.45, 7) is 7.27. The van der Waals surface area contributed by atoms with Crippen molar-refractivity contribution in [1.82, 2.24) is 15.5 Å². The highest BCUT2D eigenvalue weighted by Gasteiger charge is 2.50. The van der Waals surface area contributed by atoms with Gasteiger partial charge in [0.25, 0.3) is 5.91 Å². The minimum atomic E-state index is -0.843. The van der Waals surface area contributed by atoms with E-state index in [1.165, 1.54) is 4.90 Å². The Morgan fingerprint density at radius 2 is 1.87 bits per heavy atom. The lowest BCUT2D eigenvalue weighted by molar-refractivity contribution is -0.131. The molecule has 210 valence electrons. The number of amides is 3. The second kappa shape index (κ2) is 13.7. The first-order chi connectivity index (χ1) is 18.2. The maximum atomic E-state index is 13.4. The molecule has 0 saturated carbocycles. The number of benzene rings is 1. The van der Waals surface area contributed by atoms with Gasteiger partial charge in [-0.1, -0.05) is 26.0 Å². The molecule has 0 aliphatic carbocycles. The summed E-state index contributed by atoms with van der Waals surface area (Å²) < 4.78 is 16.2. The Kier molecular flexibility index (Phi) is 10.7. The molecule has 2 aliphatic heterocycles. The van der Waals surface area contributed by atoms with Crippen molar-refractivity contribution in [3.05, 3.63) is 29.8 Å². The fourth-order valence-corrected chi connectivity index (χ4v) is 4.59. The Morgan fingerprint density at radius 1 is 1.16 bits per heavy atom. The fourth-order valence-electron chi connectivity index (χ4n) is 4.59. The minimum absolute atomic E-state index is 0.155. The number of para-hydroxylation sites is 1. The molecule has 2 heterocycles. The third kappa shape index (κ3) is 8.01. The third-order valence-corrected chi connectivity index (χ3v) is 6.81. The number of epoxide rings is 1. The van der Waals surface area contributed by atoms with Crippen LogP contribution in [0.4, 0.5) is 0 Å². The number of methoxy groups -OCH3 is 1. The molecule has 0 radical (unpaired) electrons. The van der Waals surface area contributed by atoms with E-state index in [1.54, 1.807) is 38.3 Å². The van der Waals surface area contributed by atoms with E-state index >= 15 is 0 Å². The molecule has 2 aliphatic rings. The fraction of sp³-hybridized carbons (Fsp3) is 0.643. The molecule has 1 aromatic carbocycles. The summed E-state index contributed by atoms with van der Waals surface area (Å²) in [6.07, 6.45) is 3.32. The first-order valence-corrected chi connectivity index (χ1v) is 13.4. The molecule has 3 unspecified atom stereocenters. The van der Waals surface area contributed by atoms with Crippen molar-refractivity contribution in [2.75, 3.05) is 40.0 Å². The first-order valence-electron chi connectivity index (χ1n) is 13.4. The molecule has 3 rings (SSSR count). The number of rotatable bonds is 15. The van der Waals surface area contributed by atoms with Crippen molar-refractivity contribution < 1.29 is 33.4 Å². The summed E-state index contributed by atoms with van der Waals surface area (Å²) in [4.78, 5) is 53.3. The van der Waals surface area contributed by atoms with Crippen LogP contribution < -0.4 is 15.4 Å². The lowest BCUT2D eigenvalue weighted by Crippen LogP contribution is -2.51. The van der Waals surface area contributed by atoms with Crippen LogP contribution in [0.3, 0.4) is 0 Å². The van der Waals surface area contributed by atoms with E-state index in [1.807, 2.05) is 13.8 Å². The van der Waals surface area contributed by atoms with Gasteiger partial charge in [0.1, 0.15) is 17.4 Å². The van der Waals surface area contributed by atoms with Crippen molar-refractivity contribution in [2.24, 2.45) is 5.92 Å². The van der Waals surface area contributed by atoms with Crippen LogP contribution in [0.1, 0.15) is 63.2 Å². The van der Waals surface area contributed by atoms with E-state index in [4.69, 9.17) is 14.2 Å². The van der Waals surface area contributed by atoms with Gasteiger partial charge in [-0.05, 0) is 57.1 Å². The molecule has 3 atom stereocenters. The number of likely N-dealkylation sites (tertiary alicyclic amines) is 1. The van der Waals surface area contributed by atoms with Gasteiger partial charge in [-0.2, -0.15) is 0 Å². The quantitative estimate of drug-likeness (QED) is 0.262. The van der Waals surface area contributed by atoms with Crippen molar-refractivity contribution in [2.45, 2.75) is 70.6 Å². The number of hydrogen-bond donors (Lipinski definition) is 2. The number of ether oxygens (including phenoxy) is 3. The van der Waals surface area contributed by atoms with E-state index in [0.717, 1.165) is 12.8 Å². The molecule has 0 bridgehead atoms. The van der Waals surface area contributed by atoms with Crippen molar-refractivity contribution in [1.29, 1.82) is 0 Å². The van der Waals surface area contributed by atoms with Crippen LogP contribution in [0.15, 0.2) is 24.3 Å². The molecule has 10 heteroatoms. The molecule has 2 fully saturated rings. The van der Waals surface area contributed by atoms with Gasteiger partial charge in [0.15, 0.2) is 5.78 Å². The summed E-state index contributed by atoms with van der Waals surface area (Å²) in [5.41, 5.74) is -0.437. The number of nitrogens with one attached hydrogen (secondary N) is 2. The first kappa shape index (κ1) is 29.6. The van der Waals surface area contributed by atoms with Gasteiger partial charge in [-0.25, -0.2) is 0 Å². The Morgan fingerprint density at radius 3 is 2.55 bits per heavy atom. The van der Waals surface area contributed by atoms with E-state index < -0.39 is 29.5 Å². The van der Waals surface area contributed by atoms with Gasteiger partial charge >= 0.3 is 0 Å². The van der Waals surface area contributed by atoms with Gasteiger partial charge in [-0.15, -0.1) is 0 Å². The monoisotopic (exact) mass is 531 g/mol. The zero-order chi connectivity index (χ0) is 27.7. The Bertz CT molecular complexity index is 992. The molecule has 2 N–H and O–H groups in total. The lowest BCUT2D eigenvalue weighted by atomic mass is 9.93. The van der Waals surface area contributed by atoms with Crippen LogP contribution >= 0.6 is 0 Å². The second-order valence-electron chi connectivity index (χ2n) is 10.6. The van der Waals surface area contributed by atoms with Crippen LogP contribution in [-0.2, 0) is 23.9 Å². The molecule has 3 amide bonds. The number of unbranched alkanes of at least 4 members (excludes halogenated alkanes) is 1. The maximum Gasteiger partial charge on any atom is 0.258 e. The number of hydrogen-bond acceptors (Lipinski definition) is 7. The van der Waals surface area contributed by atoms with E-state index in [-0.39, 0.29) is 24.2 Å². The number of Topliss-reactive ketones (excluding diaryl/α,β-unsaturated/α-hetero) is 1. The second-order valence-corrected chi connectivity index (χ2v) is 10.6. The zero-order valence-electron chi connectivity index (χ0n) is 22.9. The average molecular weight is 532 g/mol. The average Bonchev–Trinajstić information content (AvgIpc) is 3.45. The maximum absolute atomic E-state index is 13.4.